The Morgan fingerprint density at radius 2 is 2.05 bits per heavy atom. The molecule has 7 nitrogen and oxygen atoms in total. The quantitative estimate of drug-likeness (QED) is 0.867. The van der Waals surface area contributed by atoms with Gasteiger partial charge >= 0.3 is 0 Å². The standard InChI is InChI=1S/C11H13N5O2S/c17-19(18)7-6-9(8-19)12-11-13-14-15-16(11)10-4-2-1-3-5-10/h1-5,9H,6-8H2,(H,12,13,15). The number of sulfone groups is 1. The maximum atomic E-state index is 11.4. The van der Waals surface area contributed by atoms with Crippen LogP contribution in [0.25, 0.3) is 5.69 Å². The van der Waals surface area contributed by atoms with E-state index in [1.807, 2.05) is 30.3 Å². The molecule has 8 heteroatoms. The summed E-state index contributed by atoms with van der Waals surface area (Å²) in [4.78, 5) is 0. The second-order valence-corrected chi connectivity index (χ2v) is 6.72. The molecule has 0 spiro atoms. The molecule has 100 valence electrons. The Morgan fingerprint density at radius 1 is 1.26 bits per heavy atom. The molecule has 1 aromatic carbocycles. The first-order chi connectivity index (χ1) is 9.14. The second-order valence-electron chi connectivity index (χ2n) is 4.49. The van der Waals surface area contributed by atoms with Crippen molar-refractivity contribution in [3.05, 3.63) is 30.3 Å². The third-order valence-electron chi connectivity index (χ3n) is 3.04. The Kier molecular flexibility index (Phi) is 2.94. The van der Waals surface area contributed by atoms with Gasteiger partial charge in [-0.15, -0.1) is 0 Å². The van der Waals surface area contributed by atoms with Crippen LogP contribution in [0.1, 0.15) is 6.42 Å². The first-order valence-electron chi connectivity index (χ1n) is 5.95. The minimum absolute atomic E-state index is 0.126. The summed E-state index contributed by atoms with van der Waals surface area (Å²) in [5, 5.41) is 14.5. The van der Waals surface area contributed by atoms with Crippen LogP contribution in [0.4, 0.5) is 5.95 Å². The SMILES string of the molecule is O=S1(=O)CCC(Nc2nnnn2-c2ccccc2)C1. The minimum Gasteiger partial charge on any atom is -0.349 e. The lowest BCUT2D eigenvalue weighted by Crippen LogP contribution is -2.23. The van der Waals surface area contributed by atoms with Gasteiger partial charge < -0.3 is 5.32 Å². The Bertz CT molecular complexity index is 667. The van der Waals surface area contributed by atoms with E-state index in [0.29, 0.717) is 12.4 Å². The topological polar surface area (TPSA) is 89.8 Å². The maximum Gasteiger partial charge on any atom is 0.247 e. The van der Waals surface area contributed by atoms with E-state index in [2.05, 4.69) is 20.8 Å². The van der Waals surface area contributed by atoms with Crippen molar-refractivity contribution in [1.82, 2.24) is 20.2 Å². The highest BCUT2D eigenvalue weighted by Gasteiger charge is 2.28. The van der Waals surface area contributed by atoms with Crippen molar-refractivity contribution >= 4 is 15.8 Å². The van der Waals surface area contributed by atoms with Crippen molar-refractivity contribution < 1.29 is 8.42 Å². The number of para-hydroxylation sites is 1. The molecule has 1 aliphatic rings. The number of benzene rings is 1. The molecule has 1 aromatic heterocycles. The van der Waals surface area contributed by atoms with Gasteiger partial charge in [-0.05, 0) is 29.0 Å². The highest BCUT2D eigenvalue weighted by Crippen LogP contribution is 2.17. The van der Waals surface area contributed by atoms with Gasteiger partial charge in [-0.1, -0.05) is 23.3 Å². The number of nitrogens with one attached hydrogen (secondary N) is 1. The summed E-state index contributed by atoms with van der Waals surface area (Å²) in [5.74, 6) is 0.819. The van der Waals surface area contributed by atoms with Crippen molar-refractivity contribution in [2.45, 2.75) is 12.5 Å². The Hall–Kier alpha value is -1.96. The zero-order valence-electron chi connectivity index (χ0n) is 10.1. The summed E-state index contributed by atoms with van der Waals surface area (Å²) in [6.45, 7) is 0. The number of hydrogen-bond donors (Lipinski definition) is 1. The molecule has 1 fully saturated rings. The summed E-state index contributed by atoms with van der Waals surface area (Å²) in [5.41, 5.74) is 0.829. The third-order valence-corrected chi connectivity index (χ3v) is 4.80. The highest BCUT2D eigenvalue weighted by molar-refractivity contribution is 7.91. The van der Waals surface area contributed by atoms with E-state index >= 15 is 0 Å². The predicted octanol–water partition coefficient (Wildman–Crippen LogP) is 0.261. The number of aromatic nitrogens is 4. The van der Waals surface area contributed by atoms with Gasteiger partial charge in [-0.25, -0.2) is 8.42 Å². The largest absolute Gasteiger partial charge is 0.349 e. The summed E-state index contributed by atoms with van der Waals surface area (Å²) in [6.07, 6.45) is 0.587. The molecule has 2 heterocycles. The fourth-order valence-corrected chi connectivity index (χ4v) is 3.78. The zero-order chi connectivity index (χ0) is 13.3. The fraction of sp³-hybridized carbons (Fsp3) is 0.364. The van der Waals surface area contributed by atoms with Crippen molar-refractivity contribution in [3.8, 4) is 5.69 Å². The summed E-state index contributed by atoms with van der Waals surface area (Å²) < 4.78 is 24.4. The van der Waals surface area contributed by atoms with Crippen molar-refractivity contribution in [3.63, 3.8) is 0 Å². The number of nitrogens with zero attached hydrogens (tertiary/aromatic N) is 4. The molecule has 19 heavy (non-hydrogen) atoms. The predicted molar refractivity (Wildman–Crippen MR) is 69.8 cm³/mol. The third kappa shape index (κ3) is 2.58. The summed E-state index contributed by atoms with van der Waals surface area (Å²) in [7, 11) is -2.92. The molecule has 0 saturated carbocycles. The second kappa shape index (κ2) is 4.61. The van der Waals surface area contributed by atoms with Crippen LogP contribution in [-0.2, 0) is 9.84 Å². The Morgan fingerprint density at radius 3 is 2.74 bits per heavy atom. The minimum atomic E-state index is -2.92. The lowest BCUT2D eigenvalue weighted by atomic mass is 10.3. The Labute approximate surface area is 110 Å². The highest BCUT2D eigenvalue weighted by atomic mass is 32.2. The van der Waals surface area contributed by atoms with Crippen LogP contribution in [-0.4, -0.2) is 46.2 Å². The van der Waals surface area contributed by atoms with Crippen molar-refractivity contribution in [2.24, 2.45) is 0 Å². The average Bonchev–Trinajstić information content (AvgIpc) is 2.98. The van der Waals surface area contributed by atoms with E-state index in [4.69, 9.17) is 0 Å². The molecule has 0 radical (unpaired) electrons. The number of rotatable bonds is 3. The lowest BCUT2D eigenvalue weighted by Gasteiger charge is -2.11. The molecule has 2 aromatic rings. The van der Waals surface area contributed by atoms with Crippen LogP contribution in [0.5, 0.6) is 0 Å². The van der Waals surface area contributed by atoms with E-state index in [9.17, 15) is 8.42 Å². The lowest BCUT2D eigenvalue weighted by molar-refractivity contribution is 0.602. The van der Waals surface area contributed by atoms with Gasteiger partial charge in [0.1, 0.15) is 0 Å². The smallest absolute Gasteiger partial charge is 0.247 e. The molecule has 1 aliphatic heterocycles. The van der Waals surface area contributed by atoms with Crippen LogP contribution >= 0.6 is 0 Å². The van der Waals surface area contributed by atoms with E-state index in [1.54, 1.807) is 4.68 Å². The molecule has 0 bridgehead atoms. The van der Waals surface area contributed by atoms with Gasteiger partial charge in [0, 0.05) is 6.04 Å². The molecule has 1 N–H and O–H groups in total. The monoisotopic (exact) mass is 279 g/mol. The molecule has 0 amide bonds. The van der Waals surface area contributed by atoms with Crippen LogP contribution in [0.3, 0.4) is 0 Å². The number of tetrazole rings is 1. The molecular formula is C11H13N5O2S. The van der Waals surface area contributed by atoms with Gasteiger partial charge in [0.15, 0.2) is 9.84 Å². The molecule has 3 rings (SSSR count). The van der Waals surface area contributed by atoms with Crippen LogP contribution < -0.4 is 5.32 Å². The van der Waals surface area contributed by atoms with Gasteiger partial charge in [0.05, 0.1) is 17.2 Å². The fourth-order valence-electron chi connectivity index (χ4n) is 2.11. The van der Waals surface area contributed by atoms with Crippen molar-refractivity contribution in [2.75, 3.05) is 16.8 Å². The first kappa shape index (κ1) is 12.1. The van der Waals surface area contributed by atoms with Gasteiger partial charge in [0.2, 0.25) is 5.95 Å². The van der Waals surface area contributed by atoms with Crippen LogP contribution in [0.15, 0.2) is 30.3 Å². The maximum absolute atomic E-state index is 11.4. The van der Waals surface area contributed by atoms with E-state index in [1.165, 1.54) is 0 Å². The molecule has 0 aliphatic carbocycles. The van der Waals surface area contributed by atoms with E-state index < -0.39 is 9.84 Å². The van der Waals surface area contributed by atoms with Gasteiger partial charge in [-0.2, -0.15) is 4.68 Å². The summed E-state index contributed by atoms with van der Waals surface area (Å²) >= 11 is 0. The first-order valence-corrected chi connectivity index (χ1v) is 7.77. The van der Waals surface area contributed by atoms with Gasteiger partial charge in [0.25, 0.3) is 0 Å². The Balaban J connectivity index is 1.82. The van der Waals surface area contributed by atoms with Crippen LogP contribution in [0, 0.1) is 0 Å². The summed E-state index contributed by atoms with van der Waals surface area (Å²) in [6, 6.07) is 9.32. The number of hydrogen-bond acceptors (Lipinski definition) is 6. The molecule has 1 unspecified atom stereocenters. The average molecular weight is 279 g/mol. The van der Waals surface area contributed by atoms with E-state index in [-0.39, 0.29) is 17.5 Å². The normalized spacial score (nSPS) is 21.4. The molecule has 1 atom stereocenters. The molecule has 1 saturated heterocycles. The number of anilines is 1. The zero-order valence-corrected chi connectivity index (χ0v) is 10.9. The van der Waals surface area contributed by atoms with Gasteiger partial charge in [-0.3, -0.25) is 0 Å². The molecular weight excluding hydrogens is 266 g/mol. The van der Waals surface area contributed by atoms with E-state index in [0.717, 1.165) is 5.69 Å². The van der Waals surface area contributed by atoms with Crippen LogP contribution in [0.2, 0.25) is 0 Å². The van der Waals surface area contributed by atoms with Crippen molar-refractivity contribution in [1.29, 1.82) is 0 Å².